The van der Waals surface area contributed by atoms with Gasteiger partial charge in [-0.05, 0) is 61.4 Å². The van der Waals surface area contributed by atoms with Gasteiger partial charge in [0, 0.05) is 24.3 Å². The van der Waals surface area contributed by atoms with Crippen molar-refractivity contribution in [2.75, 3.05) is 18.4 Å². The molecule has 156 valence electrons. The van der Waals surface area contributed by atoms with Crippen molar-refractivity contribution in [1.82, 2.24) is 4.31 Å². The van der Waals surface area contributed by atoms with Crippen molar-refractivity contribution in [3.8, 4) is 5.75 Å². The second kappa shape index (κ2) is 8.42. The Labute approximate surface area is 166 Å². The van der Waals surface area contributed by atoms with Crippen LogP contribution in [0.1, 0.15) is 29.6 Å². The maximum Gasteiger partial charge on any atom is 0.573 e. The average Bonchev–Trinajstić information content (AvgIpc) is 2.68. The summed E-state index contributed by atoms with van der Waals surface area (Å²) in [5, 5.41) is 2.57. The fraction of sp³-hybridized carbons (Fsp3) is 0.316. The van der Waals surface area contributed by atoms with Crippen LogP contribution in [0.15, 0.2) is 53.4 Å². The molecule has 0 radical (unpaired) electrons. The van der Waals surface area contributed by atoms with E-state index in [2.05, 4.69) is 10.1 Å². The maximum atomic E-state index is 12.6. The van der Waals surface area contributed by atoms with Crippen molar-refractivity contribution in [1.29, 1.82) is 0 Å². The SMILES string of the molecule is O=C(Nc1ccc(S(=O)(=O)N2CCCCC2)cc1)c1ccc(OC(F)(F)F)cc1. The van der Waals surface area contributed by atoms with Gasteiger partial charge in [0.05, 0.1) is 4.90 Å². The molecule has 0 spiro atoms. The van der Waals surface area contributed by atoms with Gasteiger partial charge in [-0.15, -0.1) is 13.2 Å². The maximum absolute atomic E-state index is 12.6. The van der Waals surface area contributed by atoms with Gasteiger partial charge in [0.2, 0.25) is 10.0 Å². The quantitative estimate of drug-likeness (QED) is 0.781. The van der Waals surface area contributed by atoms with Gasteiger partial charge < -0.3 is 10.1 Å². The summed E-state index contributed by atoms with van der Waals surface area (Å²) in [5.74, 6) is -0.975. The number of carbonyl (C=O) groups is 1. The third-order valence-corrected chi connectivity index (χ3v) is 6.33. The molecule has 1 saturated heterocycles. The molecule has 0 bridgehead atoms. The lowest BCUT2D eigenvalue weighted by Gasteiger charge is -2.25. The standard InChI is InChI=1S/C19H19F3N2O4S/c20-19(21,22)28-16-8-4-14(5-9-16)18(25)23-15-6-10-17(11-7-15)29(26,27)24-12-2-1-3-13-24/h4-11H,1-3,12-13H2,(H,23,25). The number of hydrogen-bond acceptors (Lipinski definition) is 4. The zero-order valence-corrected chi connectivity index (χ0v) is 16.1. The summed E-state index contributed by atoms with van der Waals surface area (Å²) in [6, 6.07) is 10.2. The van der Waals surface area contributed by atoms with Crippen molar-refractivity contribution >= 4 is 21.6 Å². The van der Waals surface area contributed by atoms with Gasteiger partial charge in [0.25, 0.3) is 5.91 Å². The van der Waals surface area contributed by atoms with E-state index < -0.39 is 28.0 Å². The lowest BCUT2D eigenvalue weighted by atomic mass is 10.2. The Balaban J connectivity index is 1.65. The Hall–Kier alpha value is -2.59. The number of hydrogen-bond donors (Lipinski definition) is 1. The van der Waals surface area contributed by atoms with Crippen LogP contribution in [0.2, 0.25) is 0 Å². The Kier molecular flexibility index (Phi) is 6.13. The highest BCUT2D eigenvalue weighted by Crippen LogP contribution is 2.24. The highest BCUT2D eigenvalue weighted by atomic mass is 32.2. The fourth-order valence-electron chi connectivity index (χ4n) is 2.98. The molecule has 1 aliphatic heterocycles. The van der Waals surface area contributed by atoms with Crippen molar-refractivity contribution in [2.45, 2.75) is 30.5 Å². The Morgan fingerprint density at radius 2 is 1.52 bits per heavy atom. The largest absolute Gasteiger partial charge is 0.573 e. The number of amides is 1. The van der Waals surface area contributed by atoms with Crippen LogP contribution in [-0.4, -0.2) is 38.1 Å². The first-order valence-electron chi connectivity index (χ1n) is 8.92. The van der Waals surface area contributed by atoms with Crippen molar-refractivity contribution < 1.29 is 31.1 Å². The third kappa shape index (κ3) is 5.48. The monoisotopic (exact) mass is 428 g/mol. The number of ether oxygens (including phenoxy) is 1. The Morgan fingerprint density at radius 1 is 0.931 bits per heavy atom. The molecule has 29 heavy (non-hydrogen) atoms. The molecule has 1 fully saturated rings. The highest BCUT2D eigenvalue weighted by molar-refractivity contribution is 7.89. The molecule has 1 aliphatic rings. The molecule has 1 N–H and O–H groups in total. The number of carbonyl (C=O) groups excluding carboxylic acids is 1. The van der Waals surface area contributed by atoms with Gasteiger partial charge >= 0.3 is 6.36 Å². The van der Waals surface area contributed by atoms with Gasteiger partial charge in [0.15, 0.2) is 0 Å². The molecule has 10 heteroatoms. The van der Waals surface area contributed by atoms with Crippen LogP contribution in [0.5, 0.6) is 5.75 Å². The van der Waals surface area contributed by atoms with E-state index in [9.17, 15) is 26.4 Å². The second-order valence-electron chi connectivity index (χ2n) is 6.52. The fourth-order valence-corrected chi connectivity index (χ4v) is 4.49. The molecule has 0 aromatic heterocycles. The molecule has 0 atom stereocenters. The smallest absolute Gasteiger partial charge is 0.406 e. The predicted octanol–water partition coefficient (Wildman–Crippen LogP) is 4.01. The summed E-state index contributed by atoms with van der Waals surface area (Å²) in [5.41, 5.74) is 0.493. The first-order valence-corrected chi connectivity index (χ1v) is 10.4. The number of benzene rings is 2. The molecule has 0 saturated carbocycles. The number of anilines is 1. The summed E-state index contributed by atoms with van der Waals surface area (Å²) in [6.07, 6.45) is -2.12. The normalized spacial score (nSPS) is 15.7. The number of sulfonamides is 1. The first-order chi connectivity index (χ1) is 13.6. The summed E-state index contributed by atoms with van der Waals surface area (Å²) in [7, 11) is -3.56. The van der Waals surface area contributed by atoms with E-state index in [0.717, 1.165) is 31.4 Å². The Morgan fingerprint density at radius 3 is 2.07 bits per heavy atom. The highest BCUT2D eigenvalue weighted by Gasteiger charge is 2.31. The summed E-state index contributed by atoms with van der Waals surface area (Å²) in [6.45, 7) is 0.990. The second-order valence-corrected chi connectivity index (χ2v) is 8.45. The van der Waals surface area contributed by atoms with Gasteiger partial charge in [-0.1, -0.05) is 6.42 Å². The van der Waals surface area contributed by atoms with Gasteiger partial charge in [-0.2, -0.15) is 4.31 Å². The van der Waals surface area contributed by atoms with Crippen molar-refractivity contribution in [2.24, 2.45) is 0 Å². The van der Waals surface area contributed by atoms with Crippen LogP contribution in [0.4, 0.5) is 18.9 Å². The molecule has 2 aromatic carbocycles. The van der Waals surface area contributed by atoms with Crippen molar-refractivity contribution in [3.63, 3.8) is 0 Å². The van der Waals surface area contributed by atoms with E-state index in [4.69, 9.17) is 0 Å². The predicted molar refractivity (Wildman–Crippen MR) is 100 cm³/mol. The van der Waals surface area contributed by atoms with E-state index >= 15 is 0 Å². The minimum atomic E-state index is -4.81. The lowest BCUT2D eigenvalue weighted by Crippen LogP contribution is -2.35. The van der Waals surface area contributed by atoms with Crippen LogP contribution < -0.4 is 10.1 Å². The van der Waals surface area contributed by atoms with Gasteiger partial charge in [0.1, 0.15) is 5.75 Å². The molecule has 0 unspecified atom stereocenters. The molecule has 0 aliphatic carbocycles. The molecule has 3 rings (SSSR count). The van der Waals surface area contributed by atoms with Crippen molar-refractivity contribution in [3.05, 3.63) is 54.1 Å². The number of nitrogens with zero attached hydrogens (tertiary/aromatic N) is 1. The molecule has 1 heterocycles. The number of nitrogens with one attached hydrogen (secondary N) is 1. The number of rotatable bonds is 5. The molecular formula is C19H19F3N2O4S. The molecular weight excluding hydrogens is 409 g/mol. The zero-order valence-electron chi connectivity index (χ0n) is 15.3. The molecule has 6 nitrogen and oxygen atoms in total. The minimum Gasteiger partial charge on any atom is -0.406 e. The number of piperidine rings is 1. The van der Waals surface area contributed by atoms with Crippen LogP contribution in [0.25, 0.3) is 0 Å². The van der Waals surface area contributed by atoms with Crippen LogP contribution in [-0.2, 0) is 10.0 Å². The summed E-state index contributed by atoms with van der Waals surface area (Å²) in [4.78, 5) is 12.4. The lowest BCUT2D eigenvalue weighted by molar-refractivity contribution is -0.274. The average molecular weight is 428 g/mol. The van der Waals surface area contributed by atoms with E-state index in [1.165, 1.54) is 40.7 Å². The number of halogens is 3. The van der Waals surface area contributed by atoms with Crippen LogP contribution >= 0.6 is 0 Å². The molecule has 2 aromatic rings. The Bertz CT molecular complexity index is 952. The summed E-state index contributed by atoms with van der Waals surface area (Å²) < 4.78 is 67.0. The van der Waals surface area contributed by atoms with Gasteiger partial charge in [-0.25, -0.2) is 8.42 Å². The van der Waals surface area contributed by atoms with Crippen LogP contribution in [0.3, 0.4) is 0 Å². The van der Waals surface area contributed by atoms with E-state index in [-0.39, 0.29) is 10.5 Å². The third-order valence-electron chi connectivity index (χ3n) is 4.42. The van der Waals surface area contributed by atoms with E-state index in [1.54, 1.807) is 0 Å². The van der Waals surface area contributed by atoms with Crippen LogP contribution in [0, 0.1) is 0 Å². The van der Waals surface area contributed by atoms with E-state index in [0.29, 0.717) is 18.8 Å². The zero-order chi connectivity index (χ0) is 21.1. The van der Waals surface area contributed by atoms with Gasteiger partial charge in [-0.3, -0.25) is 4.79 Å². The topological polar surface area (TPSA) is 75.7 Å². The molecule has 1 amide bonds. The van der Waals surface area contributed by atoms with E-state index in [1.807, 2.05) is 0 Å². The minimum absolute atomic E-state index is 0.129. The summed E-state index contributed by atoms with van der Waals surface area (Å²) >= 11 is 0. The first kappa shape index (κ1) is 21.1. The number of alkyl halides is 3.